The third-order valence-electron chi connectivity index (χ3n) is 3.22. The number of ether oxygens (including phenoxy) is 1. The minimum Gasteiger partial charge on any atom is -0.379 e. The molecule has 4 heteroatoms. The Hall–Kier alpha value is -0.800. The van der Waals surface area contributed by atoms with E-state index in [-0.39, 0.29) is 6.10 Å². The summed E-state index contributed by atoms with van der Waals surface area (Å²) in [6.07, 6.45) is 1.42. The van der Waals surface area contributed by atoms with Crippen LogP contribution in [-0.4, -0.2) is 31.3 Å². The summed E-state index contributed by atoms with van der Waals surface area (Å²) >= 11 is 5.89. The van der Waals surface area contributed by atoms with Crippen LogP contribution in [0.3, 0.4) is 0 Å². The average Bonchev–Trinajstić information content (AvgIpc) is 2.29. The second-order valence-corrected chi connectivity index (χ2v) is 4.69. The van der Waals surface area contributed by atoms with Gasteiger partial charge < -0.3 is 9.64 Å². The Morgan fingerprint density at radius 2 is 2.31 bits per heavy atom. The minimum absolute atomic E-state index is 0.287. The highest BCUT2D eigenvalue weighted by Gasteiger charge is 2.26. The van der Waals surface area contributed by atoms with Crippen LogP contribution < -0.4 is 4.90 Å². The van der Waals surface area contributed by atoms with Crippen LogP contribution in [-0.2, 0) is 4.74 Å². The number of aromatic nitrogens is 1. The molecule has 2 rings (SSSR count). The first-order valence-corrected chi connectivity index (χ1v) is 5.99. The molecule has 0 saturated carbocycles. The van der Waals surface area contributed by atoms with Crippen LogP contribution in [0.1, 0.15) is 13.3 Å². The maximum Gasteiger partial charge on any atom is 0.131 e. The second kappa shape index (κ2) is 5.02. The smallest absolute Gasteiger partial charge is 0.131 e. The van der Waals surface area contributed by atoms with Crippen LogP contribution in [0.4, 0.5) is 5.82 Å². The second-order valence-electron chi connectivity index (χ2n) is 4.30. The summed E-state index contributed by atoms with van der Waals surface area (Å²) in [5.41, 5.74) is 0. The molecule has 1 aliphatic rings. The molecule has 1 aromatic heterocycles. The van der Waals surface area contributed by atoms with E-state index in [9.17, 15) is 0 Å². The van der Waals surface area contributed by atoms with Crippen molar-refractivity contribution in [2.75, 3.05) is 25.1 Å². The zero-order valence-corrected chi connectivity index (χ0v) is 10.4. The van der Waals surface area contributed by atoms with Crippen LogP contribution in [0.15, 0.2) is 18.2 Å². The fraction of sp³-hybridized carbons (Fsp3) is 0.583. The number of hydrogen-bond donors (Lipinski definition) is 0. The van der Waals surface area contributed by atoms with Crippen molar-refractivity contribution < 1.29 is 4.74 Å². The van der Waals surface area contributed by atoms with Crippen LogP contribution >= 0.6 is 11.6 Å². The van der Waals surface area contributed by atoms with Crippen LogP contribution in [0.2, 0.25) is 5.15 Å². The number of anilines is 1. The van der Waals surface area contributed by atoms with Crippen molar-refractivity contribution in [1.29, 1.82) is 0 Å². The molecular weight excluding hydrogens is 224 g/mol. The van der Waals surface area contributed by atoms with Gasteiger partial charge in [0.25, 0.3) is 0 Å². The standard InChI is InChI=1S/C12H17ClN2O/c1-9-6-7-15(8-10(9)16-2)12-5-3-4-11(13)14-12/h3-5,9-10H,6-8H2,1-2H3. The summed E-state index contributed by atoms with van der Waals surface area (Å²) in [4.78, 5) is 6.56. The SMILES string of the molecule is COC1CN(c2cccc(Cl)n2)CCC1C. The van der Waals surface area contributed by atoms with Gasteiger partial charge in [0.15, 0.2) is 0 Å². The Kier molecular flexibility index (Phi) is 3.66. The molecule has 3 nitrogen and oxygen atoms in total. The maximum absolute atomic E-state index is 5.89. The molecule has 0 radical (unpaired) electrons. The predicted molar refractivity (Wildman–Crippen MR) is 66.0 cm³/mol. The lowest BCUT2D eigenvalue weighted by Gasteiger charge is -2.36. The molecule has 1 aromatic rings. The van der Waals surface area contributed by atoms with Gasteiger partial charge in [-0.3, -0.25) is 0 Å². The van der Waals surface area contributed by atoms with Gasteiger partial charge in [0.05, 0.1) is 6.10 Å². The first-order valence-electron chi connectivity index (χ1n) is 5.61. The highest BCUT2D eigenvalue weighted by molar-refractivity contribution is 6.29. The average molecular weight is 241 g/mol. The van der Waals surface area contributed by atoms with Crippen molar-refractivity contribution in [1.82, 2.24) is 4.98 Å². The van der Waals surface area contributed by atoms with E-state index in [1.807, 2.05) is 12.1 Å². The molecule has 1 fully saturated rings. The summed E-state index contributed by atoms with van der Waals surface area (Å²) in [5, 5.41) is 0.546. The van der Waals surface area contributed by atoms with E-state index in [0.29, 0.717) is 11.1 Å². The molecule has 0 bridgehead atoms. The Morgan fingerprint density at radius 3 is 3.00 bits per heavy atom. The molecule has 0 spiro atoms. The van der Waals surface area contributed by atoms with Gasteiger partial charge >= 0.3 is 0 Å². The summed E-state index contributed by atoms with van der Waals surface area (Å²) in [6.45, 7) is 4.15. The normalized spacial score (nSPS) is 25.8. The topological polar surface area (TPSA) is 25.4 Å². The van der Waals surface area contributed by atoms with E-state index in [1.165, 1.54) is 0 Å². The first kappa shape index (κ1) is 11.7. The number of nitrogens with zero attached hydrogens (tertiary/aromatic N) is 2. The van der Waals surface area contributed by atoms with E-state index in [2.05, 4.69) is 16.8 Å². The molecule has 1 saturated heterocycles. The Labute approximate surface area is 101 Å². The Bertz CT molecular complexity index is 359. The lowest BCUT2D eigenvalue weighted by atomic mass is 9.96. The zero-order chi connectivity index (χ0) is 11.5. The number of methoxy groups -OCH3 is 1. The Morgan fingerprint density at radius 1 is 1.50 bits per heavy atom. The molecule has 16 heavy (non-hydrogen) atoms. The highest BCUT2D eigenvalue weighted by atomic mass is 35.5. The van der Waals surface area contributed by atoms with Crippen LogP contribution in [0.5, 0.6) is 0 Å². The van der Waals surface area contributed by atoms with Gasteiger partial charge in [-0.05, 0) is 24.5 Å². The molecule has 88 valence electrons. The van der Waals surface area contributed by atoms with Crippen LogP contribution in [0.25, 0.3) is 0 Å². The van der Waals surface area contributed by atoms with Gasteiger partial charge in [0.1, 0.15) is 11.0 Å². The molecule has 0 aliphatic carbocycles. The van der Waals surface area contributed by atoms with Gasteiger partial charge in [-0.25, -0.2) is 4.98 Å². The van der Waals surface area contributed by atoms with Gasteiger partial charge in [-0.2, -0.15) is 0 Å². The summed E-state index contributed by atoms with van der Waals surface area (Å²) in [6, 6.07) is 5.73. The van der Waals surface area contributed by atoms with E-state index >= 15 is 0 Å². The largest absolute Gasteiger partial charge is 0.379 e. The van der Waals surface area contributed by atoms with E-state index in [0.717, 1.165) is 25.3 Å². The molecule has 2 heterocycles. The molecule has 0 N–H and O–H groups in total. The van der Waals surface area contributed by atoms with Crippen molar-refractivity contribution in [2.24, 2.45) is 5.92 Å². The number of halogens is 1. The van der Waals surface area contributed by atoms with Crippen molar-refractivity contribution >= 4 is 17.4 Å². The van der Waals surface area contributed by atoms with E-state index in [4.69, 9.17) is 16.3 Å². The van der Waals surface area contributed by atoms with Gasteiger partial charge in [0.2, 0.25) is 0 Å². The summed E-state index contributed by atoms with van der Waals surface area (Å²) in [7, 11) is 1.77. The van der Waals surface area contributed by atoms with Gasteiger partial charge in [0, 0.05) is 20.2 Å². The maximum atomic E-state index is 5.89. The molecule has 0 aromatic carbocycles. The molecule has 2 atom stereocenters. The molecule has 1 aliphatic heterocycles. The van der Waals surface area contributed by atoms with E-state index < -0.39 is 0 Å². The monoisotopic (exact) mass is 240 g/mol. The Balaban J connectivity index is 2.11. The minimum atomic E-state index is 0.287. The van der Waals surface area contributed by atoms with Crippen LogP contribution in [0, 0.1) is 5.92 Å². The number of piperidine rings is 1. The third kappa shape index (κ3) is 2.47. The number of rotatable bonds is 2. The third-order valence-corrected chi connectivity index (χ3v) is 3.43. The molecule has 2 unspecified atom stereocenters. The van der Waals surface area contributed by atoms with Crippen molar-refractivity contribution in [3.8, 4) is 0 Å². The molecular formula is C12H17ClN2O. The van der Waals surface area contributed by atoms with Gasteiger partial charge in [-0.1, -0.05) is 24.6 Å². The highest BCUT2D eigenvalue weighted by Crippen LogP contribution is 2.24. The summed E-state index contributed by atoms with van der Waals surface area (Å²) in [5.74, 6) is 1.56. The quantitative estimate of drug-likeness (QED) is 0.743. The number of pyridine rings is 1. The fourth-order valence-corrected chi connectivity index (χ4v) is 2.28. The first-order chi connectivity index (χ1) is 7.70. The zero-order valence-electron chi connectivity index (χ0n) is 9.69. The van der Waals surface area contributed by atoms with Gasteiger partial charge in [-0.15, -0.1) is 0 Å². The molecule has 0 amide bonds. The van der Waals surface area contributed by atoms with Crippen molar-refractivity contribution in [2.45, 2.75) is 19.4 Å². The van der Waals surface area contributed by atoms with Crippen molar-refractivity contribution in [3.63, 3.8) is 0 Å². The fourth-order valence-electron chi connectivity index (χ4n) is 2.12. The van der Waals surface area contributed by atoms with Crippen molar-refractivity contribution in [3.05, 3.63) is 23.4 Å². The van der Waals surface area contributed by atoms with E-state index in [1.54, 1.807) is 13.2 Å². The summed E-state index contributed by atoms with van der Waals surface area (Å²) < 4.78 is 5.48. The lowest BCUT2D eigenvalue weighted by Crippen LogP contribution is -2.44. The number of hydrogen-bond acceptors (Lipinski definition) is 3. The predicted octanol–water partition coefficient (Wildman–Crippen LogP) is 2.60. The lowest BCUT2D eigenvalue weighted by molar-refractivity contribution is 0.0496.